The van der Waals surface area contributed by atoms with Gasteiger partial charge in [-0.3, -0.25) is 0 Å². The van der Waals surface area contributed by atoms with Gasteiger partial charge in [0.15, 0.2) is 0 Å². The van der Waals surface area contributed by atoms with Crippen LogP contribution in [0.1, 0.15) is 0 Å². The molecule has 0 aromatic rings. The Kier molecular flexibility index (Phi) is 4.34. The van der Waals surface area contributed by atoms with E-state index in [4.69, 9.17) is 0 Å². The average Bonchev–Trinajstić information content (AvgIpc) is 1.57. The summed E-state index contributed by atoms with van der Waals surface area (Å²) in [5, 5.41) is 0. The summed E-state index contributed by atoms with van der Waals surface area (Å²) in [6.45, 7) is 0. The summed E-state index contributed by atoms with van der Waals surface area (Å²) in [5.41, 5.74) is 0. The van der Waals surface area contributed by atoms with Crippen LogP contribution in [0.5, 0.6) is 0 Å². The van der Waals surface area contributed by atoms with E-state index in [-0.39, 0.29) is 0 Å². The SMILES string of the molecule is [CH3][Sn]([CH3])([CH3])[CH]=[CH][Sn]([CH3])([CH3])[CH3]. The molecule has 0 aliphatic rings. The van der Waals surface area contributed by atoms with E-state index >= 15 is 0 Å². The van der Waals surface area contributed by atoms with Crippen LogP contribution in [-0.2, 0) is 0 Å². The van der Waals surface area contributed by atoms with Gasteiger partial charge in [-0.15, -0.1) is 0 Å². The van der Waals surface area contributed by atoms with E-state index in [1.807, 2.05) is 0 Å². The summed E-state index contributed by atoms with van der Waals surface area (Å²) >= 11 is -3.09. The van der Waals surface area contributed by atoms with Crippen molar-refractivity contribution < 1.29 is 0 Å². The van der Waals surface area contributed by atoms with E-state index in [9.17, 15) is 0 Å². The predicted octanol–water partition coefficient (Wildman–Crippen LogP) is 3.30. The second-order valence-electron chi connectivity index (χ2n) is 5.07. The Hall–Kier alpha value is 1.34. The molecule has 0 saturated carbocycles. The Bertz CT molecular complexity index is 107. The Balaban J connectivity index is 4.01. The molecule has 0 amide bonds. The van der Waals surface area contributed by atoms with Gasteiger partial charge in [-0.25, -0.2) is 0 Å². The van der Waals surface area contributed by atoms with Crippen LogP contribution in [0.2, 0.25) is 29.6 Å². The van der Waals surface area contributed by atoms with Gasteiger partial charge in [0.05, 0.1) is 0 Å². The minimum atomic E-state index is -1.55. The molecule has 0 bridgehead atoms. The van der Waals surface area contributed by atoms with Gasteiger partial charge < -0.3 is 0 Å². The van der Waals surface area contributed by atoms with Crippen LogP contribution in [-0.4, -0.2) is 36.8 Å². The van der Waals surface area contributed by atoms with Crippen molar-refractivity contribution >= 4 is 36.8 Å². The van der Waals surface area contributed by atoms with Crippen molar-refractivity contribution in [3.63, 3.8) is 0 Å². The van der Waals surface area contributed by atoms with Crippen LogP contribution in [0.3, 0.4) is 0 Å². The molecule has 0 nitrogen and oxygen atoms in total. The number of hydrogen-bond acceptors (Lipinski definition) is 0. The fourth-order valence-electron chi connectivity index (χ4n) is 0.500. The van der Waals surface area contributed by atoms with E-state index in [1.54, 1.807) is 0 Å². The molecular weight excluding hydrogens is 334 g/mol. The summed E-state index contributed by atoms with van der Waals surface area (Å²) < 4.78 is 5.15. The summed E-state index contributed by atoms with van der Waals surface area (Å²) in [6.07, 6.45) is 0. The molecule has 0 unspecified atom stereocenters. The third-order valence-electron chi connectivity index (χ3n) is 1.08. The fraction of sp³-hybridized carbons (Fsp3) is 0.750. The Labute approximate surface area is 73.8 Å². The van der Waals surface area contributed by atoms with Crippen LogP contribution in [0.15, 0.2) is 8.18 Å². The van der Waals surface area contributed by atoms with Gasteiger partial charge in [-0.1, -0.05) is 0 Å². The molecule has 0 atom stereocenters. The number of hydrogen-bond donors (Lipinski definition) is 0. The molecule has 0 spiro atoms. The molecule has 0 saturated heterocycles. The van der Waals surface area contributed by atoms with Gasteiger partial charge in [-0.05, 0) is 0 Å². The van der Waals surface area contributed by atoms with Crippen LogP contribution in [0.4, 0.5) is 0 Å². The molecule has 0 aliphatic carbocycles. The zero-order chi connectivity index (χ0) is 8.41. The van der Waals surface area contributed by atoms with E-state index < -0.39 is 36.8 Å². The molecule has 0 rings (SSSR count). The summed E-state index contributed by atoms with van der Waals surface area (Å²) in [6, 6.07) is 0. The first-order valence-corrected chi connectivity index (χ1v) is 24.3. The molecule has 0 aliphatic heterocycles. The molecule has 0 aromatic carbocycles. The van der Waals surface area contributed by atoms with Crippen molar-refractivity contribution in [2.75, 3.05) is 0 Å². The summed E-state index contributed by atoms with van der Waals surface area (Å²) in [4.78, 5) is 14.8. The topological polar surface area (TPSA) is 0 Å². The summed E-state index contributed by atoms with van der Waals surface area (Å²) in [5.74, 6) is 0. The van der Waals surface area contributed by atoms with Crippen molar-refractivity contribution in [2.24, 2.45) is 0 Å². The molecule has 0 N–H and O–H groups in total. The maximum atomic E-state index is 2.57. The molecule has 0 heterocycles. The molecule has 60 valence electrons. The van der Waals surface area contributed by atoms with Crippen LogP contribution >= 0.6 is 0 Å². The van der Waals surface area contributed by atoms with E-state index in [0.717, 1.165) is 0 Å². The van der Waals surface area contributed by atoms with Crippen molar-refractivity contribution in [1.29, 1.82) is 0 Å². The first-order chi connectivity index (χ1) is 4.21. The monoisotopic (exact) mass is 356 g/mol. The molecule has 2 heteroatoms. The maximum absolute atomic E-state index is 2.57. The third-order valence-corrected chi connectivity index (χ3v) is 10.5. The van der Waals surface area contributed by atoms with Gasteiger partial charge >= 0.3 is 74.6 Å². The van der Waals surface area contributed by atoms with Crippen LogP contribution in [0.25, 0.3) is 0 Å². The van der Waals surface area contributed by atoms with Gasteiger partial charge in [0.1, 0.15) is 0 Å². The van der Waals surface area contributed by atoms with Crippen molar-refractivity contribution in [1.82, 2.24) is 0 Å². The Morgan fingerprint density at radius 3 is 0.900 bits per heavy atom. The van der Waals surface area contributed by atoms with E-state index in [0.29, 0.717) is 0 Å². The van der Waals surface area contributed by atoms with Gasteiger partial charge in [0.2, 0.25) is 0 Å². The normalized spacial score (nSPS) is 14.6. The molecule has 0 aromatic heterocycles. The quantitative estimate of drug-likeness (QED) is 0.668. The fourth-order valence-corrected chi connectivity index (χ4v) is 22.5. The Morgan fingerprint density at radius 2 is 0.800 bits per heavy atom. The molecule has 10 heavy (non-hydrogen) atoms. The van der Waals surface area contributed by atoms with Crippen LogP contribution in [0, 0.1) is 0 Å². The number of rotatable bonds is 2. The first-order valence-electron chi connectivity index (χ1n) is 3.91. The average molecular weight is 354 g/mol. The molecule has 0 fully saturated rings. The molecular formula is C8H20Sn2. The summed E-state index contributed by atoms with van der Waals surface area (Å²) in [7, 11) is 0. The van der Waals surface area contributed by atoms with Gasteiger partial charge in [0, 0.05) is 0 Å². The zero-order valence-corrected chi connectivity index (χ0v) is 13.9. The van der Waals surface area contributed by atoms with E-state index in [1.165, 1.54) is 0 Å². The van der Waals surface area contributed by atoms with Crippen LogP contribution < -0.4 is 0 Å². The minimum absolute atomic E-state index is 1.55. The first kappa shape index (κ1) is 11.3. The third kappa shape index (κ3) is 9.34. The van der Waals surface area contributed by atoms with Gasteiger partial charge in [-0.2, -0.15) is 0 Å². The van der Waals surface area contributed by atoms with Crippen molar-refractivity contribution in [3.05, 3.63) is 8.18 Å². The Morgan fingerprint density at radius 1 is 0.600 bits per heavy atom. The molecule has 0 radical (unpaired) electrons. The second kappa shape index (κ2) is 3.83. The van der Waals surface area contributed by atoms with E-state index in [2.05, 4.69) is 37.8 Å². The van der Waals surface area contributed by atoms with Crippen molar-refractivity contribution in [3.8, 4) is 0 Å². The standard InChI is InChI=1S/C2H2.6CH3.2Sn/c1-2;;;;;;;;/h1-2H;6*1H3;;. The second-order valence-corrected chi connectivity index (χ2v) is 34.0. The van der Waals surface area contributed by atoms with Gasteiger partial charge in [0.25, 0.3) is 0 Å². The zero-order valence-electron chi connectivity index (χ0n) is 8.15. The predicted molar refractivity (Wildman–Crippen MR) is 55.8 cm³/mol. The van der Waals surface area contributed by atoms with Crippen molar-refractivity contribution in [2.45, 2.75) is 29.6 Å².